The molecule has 0 saturated heterocycles. The summed E-state index contributed by atoms with van der Waals surface area (Å²) in [6.07, 6.45) is 4.28. The maximum atomic E-state index is 4.90. The molecule has 0 amide bonds. The molecule has 11 heavy (non-hydrogen) atoms. The van der Waals surface area contributed by atoms with E-state index in [2.05, 4.69) is 24.4 Å². The number of rotatable bonds is 6. The summed E-state index contributed by atoms with van der Waals surface area (Å²) in [6.45, 7) is 7.01. The average Bonchev–Trinajstić information content (AvgIpc) is 1.99. The Hall–Kier alpha value is -0.340. The lowest BCUT2D eigenvalue weighted by Crippen LogP contribution is -2.23. The van der Waals surface area contributed by atoms with Crippen LogP contribution >= 0.6 is 0 Å². The van der Waals surface area contributed by atoms with Gasteiger partial charge in [-0.05, 0) is 12.8 Å². The van der Waals surface area contributed by atoms with Gasteiger partial charge in [-0.2, -0.15) is 0 Å². The molecule has 1 unspecified atom stereocenters. The molecule has 0 aliphatic heterocycles. The van der Waals surface area contributed by atoms with Gasteiger partial charge in [-0.3, -0.25) is 0 Å². The summed E-state index contributed by atoms with van der Waals surface area (Å²) >= 11 is 0. The van der Waals surface area contributed by atoms with Gasteiger partial charge in [0, 0.05) is 20.2 Å². The van der Waals surface area contributed by atoms with Crippen molar-refractivity contribution in [3.63, 3.8) is 0 Å². The van der Waals surface area contributed by atoms with Gasteiger partial charge in [0.05, 0.1) is 6.61 Å². The van der Waals surface area contributed by atoms with Gasteiger partial charge in [-0.1, -0.05) is 19.1 Å². The van der Waals surface area contributed by atoms with E-state index < -0.39 is 0 Å². The molecule has 1 N–H and O–H groups in total. The highest BCUT2D eigenvalue weighted by molar-refractivity contribution is 4.83. The van der Waals surface area contributed by atoms with Crippen LogP contribution in [0.2, 0.25) is 0 Å². The molecule has 0 bridgehead atoms. The van der Waals surface area contributed by atoms with Crippen molar-refractivity contribution < 1.29 is 4.74 Å². The van der Waals surface area contributed by atoms with Gasteiger partial charge in [0.1, 0.15) is 0 Å². The highest BCUT2D eigenvalue weighted by Crippen LogP contribution is 1.93. The SMILES string of the molecule is C/C=C\C(C)CNCCOC. The monoisotopic (exact) mass is 157 g/mol. The van der Waals surface area contributed by atoms with Crippen LogP contribution in [0.25, 0.3) is 0 Å². The van der Waals surface area contributed by atoms with Gasteiger partial charge in [-0.25, -0.2) is 0 Å². The van der Waals surface area contributed by atoms with Crippen molar-refractivity contribution in [3.8, 4) is 0 Å². The molecule has 0 heterocycles. The Morgan fingerprint density at radius 3 is 2.82 bits per heavy atom. The number of hydrogen-bond donors (Lipinski definition) is 1. The van der Waals surface area contributed by atoms with E-state index >= 15 is 0 Å². The summed E-state index contributed by atoms with van der Waals surface area (Å²) in [7, 11) is 1.72. The van der Waals surface area contributed by atoms with Gasteiger partial charge < -0.3 is 10.1 Å². The minimum absolute atomic E-state index is 0.622. The van der Waals surface area contributed by atoms with E-state index in [0.29, 0.717) is 5.92 Å². The fraction of sp³-hybridized carbons (Fsp3) is 0.778. The van der Waals surface area contributed by atoms with Crippen LogP contribution in [0.15, 0.2) is 12.2 Å². The first-order chi connectivity index (χ1) is 5.31. The van der Waals surface area contributed by atoms with Crippen LogP contribution in [-0.2, 0) is 4.74 Å². The van der Waals surface area contributed by atoms with Gasteiger partial charge >= 0.3 is 0 Å². The van der Waals surface area contributed by atoms with E-state index in [9.17, 15) is 0 Å². The zero-order valence-electron chi connectivity index (χ0n) is 7.76. The highest BCUT2D eigenvalue weighted by Gasteiger charge is 1.93. The summed E-state index contributed by atoms with van der Waals surface area (Å²) < 4.78 is 4.90. The number of ether oxygens (including phenoxy) is 1. The molecule has 0 fully saturated rings. The molecule has 0 spiro atoms. The molecule has 0 aliphatic rings. The topological polar surface area (TPSA) is 21.3 Å². The first kappa shape index (κ1) is 10.7. The van der Waals surface area contributed by atoms with E-state index in [-0.39, 0.29) is 0 Å². The number of hydrogen-bond acceptors (Lipinski definition) is 2. The minimum atomic E-state index is 0.622. The van der Waals surface area contributed by atoms with Crippen LogP contribution in [0.4, 0.5) is 0 Å². The predicted molar refractivity (Wildman–Crippen MR) is 48.7 cm³/mol. The van der Waals surface area contributed by atoms with Crippen molar-refractivity contribution >= 4 is 0 Å². The molecule has 1 atom stereocenters. The number of methoxy groups -OCH3 is 1. The third-order valence-electron chi connectivity index (χ3n) is 1.47. The Morgan fingerprint density at radius 2 is 2.27 bits per heavy atom. The van der Waals surface area contributed by atoms with Crippen molar-refractivity contribution in [2.24, 2.45) is 5.92 Å². The molecule has 0 rings (SSSR count). The third-order valence-corrected chi connectivity index (χ3v) is 1.47. The standard InChI is InChI=1S/C9H19NO/c1-4-5-9(2)8-10-6-7-11-3/h4-5,9-10H,6-8H2,1-3H3/b5-4-. The molecule has 0 aromatic rings. The van der Waals surface area contributed by atoms with Crippen molar-refractivity contribution in [2.75, 3.05) is 26.8 Å². The first-order valence-corrected chi connectivity index (χ1v) is 4.13. The lowest BCUT2D eigenvalue weighted by Gasteiger charge is -2.06. The van der Waals surface area contributed by atoms with Crippen molar-refractivity contribution in [2.45, 2.75) is 13.8 Å². The molecule has 0 aromatic carbocycles. The maximum Gasteiger partial charge on any atom is 0.0587 e. The fourth-order valence-corrected chi connectivity index (χ4v) is 0.901. The second-order valence-electron chi connectivity index (χ2n) is 2.70. The summed E-state index contributed by atoms with van der Waals surface area (Å²) in [4.78, 5) is 0. The largest absolute Gasteiger partial charge is 0.383 e. The van der Waals surface area contributed by atoms with Crippen LogP contribution in [-0.4, -0.2) is 26.8 Å². The molecule has 0 radical (unpaired) electrons. The van der Waals surface area contributed by atoms with Crippen LogP contribution in [0.1, 0.15) is 13.8 Å². The minimum Gasteiger partial charge on any atom is -0.383 e. The van der Waals surface area contributed by atoms with E-state index in [1.165, 1.54) is 0 Å². The second-order valence-corrected chi connectivity index (χ2v) is 2.70. The summed E-state index contributed by atoms with van der Waals surface area (Å²) in [5.41, 5.74) is 0. The lowest BCUT2D eigenvalue weighted by molar-refractivity contribution is 0.199. The third kappa shape index (κ3) is 7.56. The quantitative estimate of drug-likeness (QED) is 0.465. The highest BCUT2D eigenvalue weighted by atomic mass is 16.5. The van der Waals surface area contributed by atoms with Crippen LogP contribution in [0, 0.1) is 5.92 Å². The van der Waals surface area contributed by atoms with Crippen LogP contribution < -0.4 is 5.32 Å². The molecule has 0 aliphatic carbocycles. The summed E-state index contributed by atoms with van der Waals surface area (Å²) in [5, 5.41) is 3.29. The van der Waals surface area contributed by atoms with Gasteiger partial charge in [-0.15, -0.1) is 0 Å². The number of allylic oxidation sites excluding steroid dienone is 1. The summed E-state index contributed by atoms with van der Waals surface area (Å²) in [6, 6.07) is 0. The normalized spacial score (nSPS) is 14.1. The molecule has 0 saturated carbocycles. The molecule has 2 nitrogen and oxygen atoms in total. The Kier molecular flexibility index (Phi) is 7.52. The average molecular weight is 157 g/mol. The van der Waals surface area contributed by atoms with Crippen molar-refractivity contribution in [3.05, 3.63) is 12.2 Å². The molecular weight excluding hydrogens is 138 g/mol. The second kappa shape index (κ2) is 7.76. The molecular formula is C9H19NO. The fourth-order valence-electron chi connectivity index (χ4n) is 0.901. The zero-order chi connectivity index (χ0) is 8.53. The van der Waals surface area contributed by atoms with E-state index in [1.54, 1.807) is 7.11 Å². The summed E-state index contributed by atoms with van der Waals surface area (Å²) in [5.74, 6) is 0.622. The van der Waals surface area contributed by atoms with Gasteiger partial charge in [0.2, 0.25) is 0 Å². The lowest BCUT2D eigenvalue weighted by atomic mass is 10.2. The molecule has 0 aromatic heterocycles. The predicted octanol–water partition coefficient (Wildman–Crippen LogP) is 1.43. The van der Waals surface area contributed by atoms with Crippen LogP contribution in [0.3, 0.4) is 0 Å². The number of nitrogens with one attached hydrogen (secondary N) is 1. The van der Waals surface area contributed by atoms with E-state index in [0.717, 1.165) is 19.7 Å². The van der Waals surface area contributed by atoms with Gasteiger partial charge in [0.25, 0.3) is 0 Å². The smallest absolute Gasteiger partial charge is 0.0587 e. The van der Waals surface area contributed by atoms with Crippen molar-refractivity contribution in [1.29, 1.82) is 0 Å². The maximum absolute atomic E-state index is 4.90. The van der Waals surface area contributed by atoms with Gasteiger partial charge in [0.15, 0.2) is 0 Å². The first-order valence-electron chi connectivity index (χ1n) is 4.13. The zero-order valence-corrected chi connectivity index (χ0v) is 7.76. The Balaban J connectivity index is 3.10. The van der Waals surface area contributed by atoms with Crippen LogP contribution in [0.5, 0.6) is 0 Å². The van der Waals surface area contributed by atoms with E-state index in [1.807, 2.05) is 6.92 Å². The Labute approximate surface area is 69.6 Å². The molecule has 66 valence electrons. The Bertz CT molecular complexity index is 102. The Morgan fingerprint density at radius 1 is 1.55 bits per heavy atom. The van der Waals surface area contributed by atoms with E-state index in [4.69, 9.17) is 4.74 Å². The van der Waals surface area contributed by atoms with Crippen molar-refractivity contribution in [1.82, 2.24) is 5.32 Å². The molecule has 2 heteroatoms.